The first kappa shape index (κ1) is 14.8. The largest absolute Gasteiger partial charge is 0.354 e. The van der Waals surface area contributed by atoms with Gasteiger partial charge in [-0.05, 0) is 24.5 Å². The van der Waals surface area contributed by atoms with Crippen molar-refractivity contribution in [3.05, 3.63) is 54.4 Å². The predicted molar refractivity (Wildman–Crippen MR) is 85.5 cm³/mol. The van der Waals surface area contributed by atoms with Gasteiger partial charge in [0.15, 0.2) is 0 Å². The van der Waals surface area contributed by atoms with Crippen LogP contribution in [0.1, 0.15) is 18.4 Å². The van der Waals surface area contributed by atoms with Gasteiger partial charge in [0, 0.05) is 30.9 Å². The van der Waals surface area contributed by atoms with E-state index in [0.717, 1.165) is 32.5 Å². The van der Waals surface area contributed by atoms with E-state index in [1.54, 1.807) is 6.20 Å². The fraction of sp³-hybridized carbons (Fsp3) is 0.412. The molecular weight excluding hydrogens is 276 g/mol. The third kappa shape index (κ3) is 3.74. The molecule has 116 valence electrons. The van der Waals surface area contributed by atoms with Gasteiger partial charge in [-0.1, -0.05) is 30.3 Å². The highest BCUT2D eigenvalue weighted by Gasteiger charge is 2.44. The molecule has 1 amide bonds. The van der Waals surface area contributed by atoms with Crippen molar-refractivity contribution in [1.82, 2.24) is 20.4 Å². The summed E-state index contributed by atoms with van der Waals surface area (Å²) < 4.78 is 1.85. The zero-order valence-electron chi connectivity index (χ0n) is 12.7. The molecule has 5 nitrogen and oxygen atoms in total. The van der Waals surface area contributed by atoms with Crippen LogP contribution < -0.4 is 10.6 Å². The van der Waals surface area contributed by atoms with Crippen LogP contribution in [-0.2, 0) is 16.8 Å². The van der Waals surface area contributed by atoms with Crippen molar-refractivity contribution in [2.45, 2.75) is 24.8 Å². The minimum Gasteiger partial charge on any atom is -0.354 e. The van der Waals surface area contributed by atoms with Gasteiger partial charge in [-0.25, -0.2) is 0 Å². The number of amides is 1. The molecule has 1 aliphatic carbocycles. The molecule has 1 saturated carbocycles. The molecule has 5 heteroatoms. The van der Waals surface area contributed by atoms with Crippen LogP contribution in [0.25, 0.3) is 0 Å². The highest BCUT2D eigenvalue weighted by molar-refractivity contribution is 5.78. The van der Waals surface area contributed by atoms with E-state index in [-0.39, 0.29) is 11.3 Å². The molecule has 0 bridgehead atoms. The molecule has 3 rings (SSSR count). The first-order chi connectivity index (χ1) is 10.8. The fourth-order valence-electron chi connectivity index (χ4n) is 2.67. The normalized spacial score (nSPS) is 15.5. The summed E-state index contributed by atoms with van der Waals surface area (Å²) in [6.45, 7) is 2.59. The Bertz CT molecular complexity index is 590. The second-order valence-electron chi connectivity index (χ2n) is 5.87. The summed E-state index contributed by atoms with van der Waals surface area (Å²) in [5.41, 5.74) is 1.51. The van der Waals surface area contributed by atoms with E-state index in [9.17, 15) is 4.79 Å². The number of hydrogen-bond acceptors (Lipinski definition) is 3. The lowest BCUT2D eigenvalue weighted by molar-refractivity contribution is -0.120. The van der Waals surface area contributed by atoms with Gasteiger partial charge < -0.3 is 10.6 Å². The molecule has 1 aromatic heterocycles. The number of carbonyl (C=O) groups excluding carboxylic acids is 1. The van der Waals surface area contributed by atoms with Crippen molar-refractivity contribution in [2.24, 2.45) is 0 Å². The lowest BCUT2D eigenvalue weighted by Crippen LogP contribution is -2.39. The summed E-state index contributed by atoms with van der Waals surface area (Å²) >= 11 is 0. The molecule has 1 aliphatic rings. The highest BCUT2D eigenvalue weighted by Crippen LogP contribution is 2.47. The molecule has 1 heterocycles. The maximum atomic E-state index is 11.9. The van der Waals surface area contributed by atoms with Crippen molar-refractivity contribution < 1.29 is 4.79 Å². The summed E-state index contributed by atoms with van der Waals surface area (Å²) in [7, 11) is 0. The zero-order valence-corrected chi connectivity index (χ0v) is 12.7. The summed E-state index contributed by atoms with van der Waals surface area (Å²) in [4.78, 5) is 11.9. The summed E-state index contributed by atoms with van der Waals surface area (Å²) in [5.74, 6) is 0.0580. The Morgan fingerprint density at radius 2 is 2.05 bits per heavy atom. The number of nitrogens with one attached hydrogen (secondary N) is 2. The molecule has 0 saturated heterocycles. The smallest absolute Gasteiger partial charge is 0.233 e. The average Bonchev–Trinajstić information content (AvgIpc) is 3.18. The molecule has 0 radical (unpaired) electrons. The van der Waals surface area contributed by atoms with E-state index in [1.165, 1.54) is 5.56 Å². The van der Waals surface area contributed by atoms with E-state index in [4.69, 9.17) is 0 Å². The minimum absolute atomic E-state index is 0.0580. The van der Waals surface area contributed by atoms with Gasteiger partial charge in [0.2, 0.25) is 5.91 Å². The third-order valence-electron chi connectivity index (χ3n) is 4.23. The molecule has 22 heavy (non-hydrogen) atoms. The Kier molecular flexibility index (Phi) is 4.53. The maximum absolute atomic E-state index is 11.9. The fourth-order valence-corrected chi connectivity index (χ4v) is 2.67. The maximum Gasteiger partial charge on any atom is 0.233 e. The van der Waals surface area contributed by atoms with Gasteiger partial charge >= 0.3 is 0 Å². The molecular formula is C17H22N4O. The van der Waals surface area contributed by atoms with Crippen molar-refractivity contribution in [3.63, 3.8) is 0 Å². The topological polar surface area (TPSA) is 59.0 Å². The Morgan fingerprint density at radius 3 is 2.73 bits per heavy atom. The van der Waals surface area contributed by atoms with E-state index in [2.05, 4.69) is 40.0 Å². The Hall–Kier alpha value is -2.14. The van der Waals surface area contributed by atoms with Crippen molar-refractivity contribution in [3.8, 4) is 0 Å². The molecule has 0 unspecified atom stereocenters. The van der Waals surface area contributed by atoms with Crippen LogP contribution in [0.5, 0.6) is 0 Å². The monoisotopic (exact) mass is 298 g/mol. The van der Waals surface area contributed by atoms with Gasteiger partial charge in [-0.15, -0.1) is 0 Å². The van der Waals surface area contributed by atoms with Gasteiger partial charge in [0.1, 0.15) is 0 Å². The number of rotatable bonds is 8. The van der Waals surface area contributed by atoms with Crippen LogP contribution in [0.2, 0.25) is 0 Å². The molecule has 1 aromatic carbocycles. The van der Waals surface area contributed by atoms with E-state index in [0.29, 0.717) is 6.54 Å². The number of hydrogen-bond donors (Lipinski definition) is 2. The summed E-state index contributed by atoms with van der Waals surface area (Å²) in [6.07, 6.45) is 5.98. The molecule has 2 N–H and O–H groups in total. The number of carbonyl (C=O) groups is 1. The van der Waals surface area contributed by atoms with Crippen LogP contribution in [0.15, 0.2) is 48.8 Å². The average molecular weight is 298 g/mol. The molecule has 2 aromatic rings. The standard InChI is InChI=1S/C17H22N4O/c22-16(13-18-10-12-21-11-4-9-20-21)19-14-17(7-8-17)15-5-2-1-3-6-15/h1-6,9,11,18H,7-8,10,12-14H2,(H,19,22). The van der Waals surface area contributed by atoms with Crippen molar-refractivity contribution in [2.75, 3.05) is 19.6 Å². The van der Waals surface area contributed by atoms with Crippen LogP contribution in [0, 0.1) is 0 Å². The minimum atomic E-state index is 0.0580. The predicted octanol–water partition coefficient (Wildman–Crippen LogP) is 1.32. The summed E-state index contributed by atoms with van der Waals surface area (Å²) in [6, 6.07) is 12.4. The van der Waals surface area contributed by atoms with Crippen LogP contribution in [0.3, 0.4) is 0 Å². The van der Waals surface area contributed by atoms with Crippen LogP contribution in [0.4, 0.5) is 0 Å². The lowest BCUT2D eigenvalue weighted by Gasteiger charge is -2.16. The van der Waals surface area contributed by atoms with E-state index >= 15 is 0 Å². The van der Waals surface area contributed by atoms with Gasteiger partial charge in [0.05, 0.1) is 13.1 Å². The van der Waals surface area contributed by atoms with Gasteiger partial charge in [-0.3, -0.25) is 9.48 Å². The molecule has 0 aliphatic heterocycles. The molecule has 0 atom stereocenters. The van der Waals surface area contributed by atoms with Gasteiger partial charge in [-0.2, -0.15) is 5.10 Å². The second-order valence-corrected chi connectivity index (χ2v) is 5.87. The van der Waals surface area contributed by atoms with Crippen LogP contribution in [-0.4, -0.2) is 35.3 Å². The SMILES string of the molecule is O=C(CNCCn1cccn1)NCC1(c2ccccc2)CC1. The molecule has 0 spiro atoms. The Labute approximate surface area is 130 Å². The zero-order chi connectivity index (χ0) is 15.3. The van der Waals surface area contributed by atoms with E-state index < -0.39 is 0 Å². The van der Waals surface area contributed by atoms with Gasteiger partial charge in [0.25, 0.3) is 0 Å². The first-order valence-electron chi connectivity index (χ1n) is 7.79. The summed E-state index contributed by atoms with van der Waals surface area (Å²) in [5, 5.41) is 10.3. The number of aromatic nitrogens is 2. The molecule has 1 fully saturated rings. The second kappa shape index (κ2) is 6.75. The Balaban J connectivity index is 1.36. The first-order valence-corrected chi connectivity index (χ1v) is 7.79. The van der Waals surface area contributed by atoms with Crippen LogP contribution >= 0.6 is 0 Å². The highest BCUT2D eigenvalue weighted by atomic mass is 16.1. The van der Waals surface area contributed by atoms with Crippen molar-refractivity contribution in [1.29, 1.82) is 0 Å². The quantitative estimate of drug-likeness (QED) is 0.723. The number of benzene rings is 1. The lowest BCUT2D eigenvalue weighted by atomic mass is 9.96. The Morgan fingerprint density at radius 1 is 1.23 bits per heavy atom. The van der Waals surface area contributed by atoms with E-state index in [1.807, 2.05) is 23.0 Å². The van der Waals surface area contributed by atoms with Crippen molar-refractivity contribution >= 4 is 5.91 Å². The third-order valence-corrected chi connectivity index (χ3v) is 4.23. The number of nitrogens with zero attached hydrogens (tertiary/aromatic N) is 2.